The van der Waals surface area contributed by atoms with Gasteiger partial charge in [-0.3, -0.25) is 4.79 Å². The highest BCUT2D eigenvalue weighted by atomic mass is 16.5. The van der Waals surface area contributed by atoms with E-state index in [-0.39, 0.29) is 5.91 Å². The van der Waals surface area contributed by atoms with Crippen molar-refractivity contribution in [3.8, 4) is 5.75 Å². The normalized spacial score (nSPS) is 12.0. The molecule has 0 aliphatic rings. The predicted octanol–water partition coefficient (Wildman–Crippen LogP) is 2.58. The Kier molecular flexibility index (Phi) is 7.83. The van der Waals surface area contributed by atoms with Crippen LogP contribution in [0.1, 0.15) is 37.3 Å². The van der Waals surface area contributed by atoms with E-state index in [0.717, 1.165) is 24.2 Å². The van der Waals surface area contributed by atoms with Gasteiger partial charge in [-0.05, 0) is 57.9 Å². The molecular weight excluding hydrogens is 264 g/mol. The van der Waals surface area contributed by atoms with E-state index in [1.165, 1.54) is 5.56 Å². The van der Waals surface area contributed by atoms with Gasteiger partial charge in [0.25, 0.3) is 0 Å². The SMILES string of the molecule is CNC(C)CNC(=O)CCCCOc1cc(C)ccc1C. The number of carbonyl (C=O) groups excluding carboxylic acids is 1. The molecule has 0 aliphatic heterocycles. The Hall–Kier alpha value is -1.55. The van der Waals surface area contributed by atoms with Gasteiger partial charge in [0.1, 0.15) is 5.75 Å². The van der Waals surface area contributed by atoms with Crippen LogP contribution in [0.15, 0.2) is 18.2 Å². The molecule has 0 spiro atoms. The number of likely N-dealkylation sites (N-methyl/N-ethyl adjacent to an activating group) is 1. The molecule has 0 aromatic heterocycles. The number of ether oxygens (including phenoxy) is 1. The van der Waals surface area contributed by atoms with E-state index in [9.17, 15) is 4.79 Å². The first-order valence-electron chi connectivity index (χ1n) is 7.67. The molecule has 0 heterocycles. The number of amides is 1. The highest BCUT2D eigenvalue weighted by molar-refractivity contribution is 5.75. The van der Waals surface area contributed by atoms with E-state index < -0.39 is 0 Å². The molecule has 0 saturated carbocycles. The minimum atomic E-state index is 0.115. The molecule has 0 radical (unpaired) electrons. The number of unbranched alkanes of at least 4 members (excludes halogenated alkanes) is 1. The van der Waals surface area contributed by atoms with Crippen LogP contribution in [0.2, 0.25) is 0 Å². The van der Waals surface area contributed by atoms with Crippen molar-refractivity contribution in [1.82, 2.24) is 10.6 Å². The van der Waals surface area contributed by atoms with E-state index >= 15 is 0 Å². The molecule has 4 nitrogen and oxygen atoms in total. The Labute approximate surface area is 128 Å². The fourth-order valence-electron chi connectivity index (χ4n) is 1.89. The first-order chi connectivity index (χ1) is 10.0. The molecule has 1 atom stereocenters. The molecule has 1 aromatic rings. The number of hydrogen-bond acceptors (Lipinski definition) is 3. The summed E-state index contributed by atoms with van der Waals surface area (Å²) in [5.41, 5.74) is 2.35. The summed E-state index contributed by atoms with van der Waals surface area (Å²) in [5, 5.41) is 6.01. The largest absolute Gasteiger partial charge is 0.493 e. The van der Waals surface area contributed by atoms with Crippen LogP contribution in [0, 0.1) is 13.8 Å². The van der Waals surface area contributed by atoms with Gasteiger partial charge in [0.05, 0.1) is 6.61 Å². The fourth-order valence-corrected chi connectivity index (χ4v) is 1.89. The van der Waals surface area contributed by atoms with Gasteiger partial charge in [-0.1, -0.05) is 12.1 Å². The molecule has 0 bridgehead atoms. The Morgan fingerprint density at radius 3 is 2.76 bits per heavy atom. The maximum absolute atomic E-state index is 11.6. The van der Waals surface area contributed by atoms with Crippen LogP contribution in [-0.4, -0.2) is 32.1 Å². The van der Waals surface area contributed by atoms with Crippen molar-refractivity contribution < 1.29 is 9.53 Å². The van der Waals surface area contributed by atoms with Gasteiger partial charge in [0.2, 0.25) is 5.91 Å². The summed E-state index contributed by atoms with van der Waals surface area (Å²) >= 11 is 0. The van der Waals surface area contributed by atoms with Gasteiger partial charge in [-0.25, -0.2) is 0 Å². The summed E-state index contributed by atoms with van der Waals surface area (Å²) in [6, 6.07) is 6.52. The Balaban J connectivity index is 2.14. The molecule has 118 valence electrons. The average Bonchev–Trinajstić information content (AvgIpc) is 2.47. The van der Waals surface area contributed by atoms with Crippen molar-refractivity contribution in [3.63, 3.8) is 0 Å². The van der Waals surface area contributed by atoms with E-state index in [1.807, 2.05) is 20.9 Å². The molecule has 0 fully saturated rings. The summed E-state index contributed by atoms with van der Waals surface area (Å²) in [6.45, 7) is 7.48. The van der Waals surface area contributed by atoms with Gasteiger partial charge in [-0.2, -0.15) is 0 Å². The predicted molar refractivity (Wildman–Crippen MR) is 86.8 cm³/mol. The Bertz CT molecular complexity index is 446. The summed E-state index contributed by atoms with van der Waals surface area (Å²) in [5.74, 6) is 1.06. The molecule has 0 aliphatic carbocycles. The van der Waals surface area contributed by atoms with Crippen LogP contribution in [-0.2, 0) is 4.79 Å². The number of nitrogens with one attached hydrogen (secondary N) is 2. The van der Waals surface area contributed by atoms with Crippen molar-refractivity contribution >= 4 is 5.91 Å². The van der Waals surface area contributed by atoms with Gasteiger partial charge in [-0.15, -0.1) is 0 Å². The quantitative estimate of drug-likeness (QED) is 0.688. The summed E-state index contributed by atoms with van der Waals surface area (Å²) < 4.78 is 5.77. The first-order valence-corrected chi connectivity index (χ1v) is 7.67. The third-order valence-electron chi connectivity index (χ3n) is 3.50. The van der Waals surface area contributed by atoms with Crippen molar-refractivity contribution in [2.24, 2.45) is 0 Å². The summed E-state index contributed by atoms with van der Waals surface area (Å²) in [4.78, 5) is 11.6. The Morgan fingerprint density at radius 2 is 2.05 bits per heavy atom. The minimum absolute atomic E-state index is 0.115. The molecule has 1 rings (SSSR count). The van der Waals surface area contributed by atoms with E-state index in [2.05, 4.69) is 35.8 Å². The standard InChI is InChI=1S/C17H28N2O2/c1-13-8-9-14(2)16(11-13)21-10-6-5-7-17(20)19-12-15(3)18-4/h8-9,11,15,18H,5-7,10,12H2,1-4H3,(H,19,20). The molecule has 2 N–H and O–H groups in total. The molecule has 1 unspecified atom stereocenters. The van der Waals surface area contributed by atoms with E-state index in [0.29, 0.717) is 25.6 Å². The lowest BCUT2D eigenvalue weighted by atomic mass is 10.1. The average molecular weight is 292 g/mol. The van der Waals surface area contributed by atoms with Crippen molar-refractivity contribution in [1.29, 1.82) is 0 Å². The topological polar surface area (TPSA) is 50.4 Å². The number of rotatable bonds is 9. The number of benzene rings is 1. The second-order valence-electron chi connectivity index (χ2n) is 5.57. The third-order valence-corrected chi connectivity index (χ3v) is 3.50. The zero-order valence-corrected chi connectivity index (χ0v) is 13.7. The molecule has 4 heteroatoms. The zero-order valence-electron chi connectivity index (χ0n) is 13.7. The molecule has 0 saturated heterocycles. The van der Waals surface area contributed by atoms with E-state index in [1.54, 1.807) is 0 Å². The summed E-state index contributed by atoms with van der Waals surface area (Å²) in [6.07, 6.45) is 2.31. The van der Waals surface area contributed by atoms with Crippen LogP contribution >= 0.6 is 0 Å². The maximum Gasteiger partial charge on any atom is 0.220 e. The smallest absolute Gasteiger partial charge is 0.220 e. The van der Waals surface area contributed by atoms with E-state index in [4.69, 9.17) is 4.74 Å². The fraction of sp³-hybridized carbons (Fsp3) is 0.588. The van der Waals surface area contributed by atoms with Crippen molar-refractivity contribution in [2.45, 2.75) is 46.1 Å². The minimum Gasteiger partial charge on any atom is -0.493 e. The molecule has 1 aromatic carbocycles. The second-order valence-corrected chi connectivity index (χ2v) is 5.57. The van der Waals surface area contributed by atoms with Crippen LogP contribution in [0.4, 0.5) is 0 Å². The van der Waals surface area contributed by atoms with Crippen LogP contribution < -0.4 is 15.4 Å². The third kappa shape index (κ3) is 7.14. The number of hydrogen-bond donors (Lipinski definition) is 2. The summed E-state index contributed by atoms with van der Waals surface area (Å²) in [7, 11) is 1.89. The van der Waals surface area contributed by atoms with Crippen LogP contribution in [0.5, 0.6) is 5.75 Å². The second kappa shape index (κ2) is 9.40. The lowest BCUT2D eigenvalue weighted by Gasteiger charge is -2.12. The monoisotopic (exact) mass is 292 g/mol. The van der Waals surface area contributed by atoms with Gasteiger partial charge >= 0.3 is 0 Å². The van der Waals surface area contributed by atoms with Crippen molar-refractivity contribution in [2.75, 3.05) is 20.2 Å². The molecule has 21 heavy (non-hydrogen) atoms. The lowest BCUT2D eigenvalue weighted by molar-refractivity contribution is -0.121. The van der Waals surface area contributed by atoms with Crippen molar-refractivity contribution in [3.05, 3.63) is 29.3 Å². The highest BCUT2D eigenvalue weighted by Gasteiger charge is 2.04. The van der Waals surface area contributed by atoms with Crippen LogP contribution in [0.3, 0.4) is 0 Å². The zero-order chi connectivity index (χ0) is 15.7. The highest BCUT2D eigenvalue weighted by Crippen LogP contribution is 2.19. The number of carbonyl (C=O) groups is 1. The first kappa shape index (κ1) is 17.5. The van der Waals surface area contributed by atoms with Gasteiger partial charge in [0.15, 0.2) is 0 Å². The Morgan fingerprint density at radius 1 is 1.29 bits per heavy atom. The van der Waals surface area contributed by atoms with Gasteiger partial charge in [0, 0.05) is 19.0 Å². The maximum atomic E-state index is 11.6. The molecule has 1 amide bonds. The molecular formula is C17H28N2O2. The number of aryl methyl sites for hydroxylation is 2. The lowest BCUT2D eigenvalue weighted by Crippen LogP contribution is -2.37. The van der Waals surface area contributed by atoms with Gasteiger partial charge < -0.3 is 15.4 Å². The van der Waals surface area contributed by atoms with Crippen LogP contribution in [0.25, 0.3) is 0 Å².